The Hall–Kier alpha value is -1.50. The zero-order valence-electron chi connectivity index (χ0n) is 15.2. The first-order chi connectivity index (χ1) is 11.1. The highest BCUT2D eigenvalue weighted by molar-refractivity contribution is 7.13. The minimum atomic E-state index is -1.77. The Bertz CT molecular complexity index is 702. The van der Waals surface area contributed by atoms with Crippen molar-refractivity contribution in [3.63, 3.8) is 0 Å². The van der Waals surface area contributed by atoms with Gasteiger partial charge in [0.05, 0.1) is 25.0 Å². The number of rotatable bonds is 5. The molecule has 1 heterocycles. The van der Waals surface area contributed by atoms with Gasteiger partial charge in [0, 0.05) is 10.9 Å². The molecule has 130 valence electrons. The Morgan fingerprint density at radius 1 is 1.21 bits per heavy atom. The van der Waals surface area contributed by atoms with Crippen molar-refractivity contribution in [2.75, 3.05) is 7.11 Å². The molecule has 0 aliphatic carbocycles. The van der Waals surface area contributed by atoms with Crippen LogP contribution >= 0.6 is 11.3 Å². The third kappa shape index (κ3) is 4.31. The van der Waals surface area contributed by atoms with Crippen molar-refractivity contribution >= 4 is 25.6 Å². The second-order valence-electron chi connectivity index (χ2n) is 7.26. The molecule has 0 N–H and O–H groups in total. The Morgan fingerprint density at radius 2 is 1.83 bits per heavy atom. The molecule has 2 aromatic rings. The maximum absolute atomic E-state index is 11.5. The molecular weight excluding hydrogens is 338 g/mol. The van der Waals surface area contributed by atoms with Gasteiger partial charge in [-0.3, -0.25) is 0 Å². The van der Waals surface area contributed by atoms with Crippen LogP contribution in [0.15, 0.2) is 29.6 Å². The molecule has 2 rings (SSSR count). The molecule has 0 fully saturated rings. The molecule has 0 amide bonds. The predicted octanol–water partition coefficient (Wildman–Crippen LogP) is 5.12. The quantitative estimate of drug-likeness (QED) is 0.546. The van der Waals surface area contributed by atoms with E-state index in [4.69, 9.17) is 9.16 Å². The highest BCUT2D eigenvalue weighted by Crippen LogP contribution is 2.37. The molecule has 0 spiro atoms. The average molecular weight is 364 g/mol. The second kappa shape index (κ2) is 7.17. The summed E-state index contributed by atoms with van der Waals surface area (Å²) in [6.07, 6.45) is 0. The Labute approximate surface area is 149 Å². The number of esters is 1. The van der Waals surface area contributed by atoms with E-state index in [9.17, 15) is 4.79 Å². The van der Waals surface area contributed by atoms with Crippen LogP contribution < -0.4 is 0 Å². The molecule has 0 unspecified atom stereocenters. The van der Waals surface area contributed by atoms with Crippen molar-refractivity contribution < 1.29 is 14.0 Å². The summed E-state index contributed by atoms with van der Waals surface area (Å²) in [5.41, 5.74) is 2.49. The third-order valence-corrected chi connectivity index (χ3v) is 9.91. The Balaban J connectivity index is 2.07. The molecule has 1 aromatic heterocycles. The highest BCUT2D eigenvalue weighted by atomic mass is 32.1. The van der Waals surface area contributed by atoms with Gasteiger partial charge in [0.15, 0.2) is 8.32 Å². The van der Waals surface area contributed by atoms with Crippen LogP contribution in [0.5, 0.6) is 0 Å². The minimum Gasteiger partial charge on any atom is -0.465 e. The molecule has 1 aromatic carbocycles. The first-order valence-corrected chi connectivity index (χ1v) is 11.7. The molecule has 0 bridgehead atoms. The van der Waals surface area contributed by atoms with Crippen LogP contribution in [0.2, 0.25) is 18.1 Å². The largest absolute Gasteiger partial charge is 0.465 e. The van der Waals surface area contributed by atoms with Crippen LogP contribution in [0.25, 0.3) is 10.6 Å². The SMILES string of the molecule is COC(=O)c1ccc(-c2nc(CO[Si](C)(C)C(C)(C)C)cs2)cc1. The number of benzene rings is 1. The molecule has 0 atom stereocenters. The molecular formula is C18H25NO3SSi. The van der Waals surface area contributed by atoms with Crippen LogP contribution in [0.4, 0.5) is 0 Å². The summed E-state index contributed by atoms with van der Waals surface area (Å²) in [6, 6.07) is 7.30. The summed E-state index contributed by atoms with van der Waals surface area (Å²) >= 11 is 1.59. The molecule has 0 saturated heterocycles. The molecule has 0 aliphatic heterocycles. The standard InChI is InChI=1S/C18H25NO3SSi/c1-18(2,3)24(5,6)22-11-15-12-23-16(19-15)13-7-9-14(10-8-13)17(20)21-4/h7-10,12H,11H2,1-6H3. The van der Waals surface area contributed by atoms with Crippen LogP contribution in [-0.2, 0) is 15.8 Å². The van der Waals surface area contributed by atoms with Crippen LogP contribution in [-0.4, -0.2) is 26.4 Å². The number of carbonyl (C=O) groups excluding carboxylic acids is 1. The van der Waals surface area contributed by atoms with Gasteiger partial charge >= 0.3 is 5.97 Å². The lowest BCUT2D eigenvalue weighted by Gasteiger charge is -2.35. The fraction of sp³-hybridized carbons (Fsp3) is 0.444. The van der Waals surface area contributed by atoms with Gasteiger partial charge in [-0.25, -0.2) is 9.78 Å². The Kier molecular flexibility index (Phi) is 5.62. The minimum absolute atomic E-state index is 0.190. The number of thiazole rings is 1. The van der Waals surface area contributed by atoms with Crippen molar-refractivity contribution in [1.29, 1.82) is 0 Å². The smallest absolute Gasteiger partial charge is 0.337 e. The van der Waals surface area contributed by atoms with E-state index in [-0.39, 0.29) is 11.0 Å². The topological polar surface area (TPSA) is 48.4 Å². The molecule has 6 heteroatoms. The molecule has 0 aliphatic rings. The maximum Gasteiger partial charge on any atom is 0.337 e. The zero-order chi connectivity index (χ0) is 18.0. The predicted molar refractivity (Wildman–Crippen MR) is 101 cm³/mol. The molecule has 24 heavy (non-hydrogen) atoms. The number of nitrogens with zero attached hydrogens (tertiary/aromatic N) is 1. The van der Waals surface area contributed by atoms with E-state index < -0.39 is 8.32 Å². The average Bonchev–Trinajstić information content (AvgIpc) is 3.00. The first kappa shape index (κ1) is 18.8. The van der Waals surface area contributed by atoms with Gasteiger partial charge in [-0.15, -0.1) is 11.3 Å². The number of methoxy groups -OCH3 is 1. The lowest BCUT2D eigenvalue weighted by Crippen LogP contribution is -2.40. The maximum atomic E-state index is 11.5. The number of ether oxygens (including phenoxy) is 1. The molecule has 0 saturated carbocycles. The summed E-state index contributed by atoms with van der Waals surface area (Å²) in [6.45, 7) is 11.7. The zero-order valence-corrected chi connectivity index (χ0v) is 17.0. The van der Waals surface area contributed by atoms with Crippen LogP contribution in [0.3, 0.4) is 0 Å². The molecule has 4 nitrogen and oxygen atoms in total. The van der Waals surface area contributed by atoms with Crippen molar-refractivity contribution in [3.05, 3.63) is 40.9 Å². The van der Waals surface area contributed by atoms with E-state index >= 15 is 0 Å². The number of hydrogen-bond donors (Lipinski definition) is 0. The summed E-state index contributed by atoms with van der Waals surface area (Å²) < 4.78 is 10.9. The summed E-state index contributed by atoms with van der Waals surface area (Å²) in [7, 11) is -0.388. The first-order valence-electron chi connectivity index (χ1n) is 7.91. The monoisotopic (exact) mass is 363 g/mol. The summed E-state index contributed by atoms with van der Waals surface area (Å²) in [5, 5.41) is 3.16. The van der Waals surface area contributed by atoms with Gasteiger partial charge in [0.1, 0.15) is 5.01 Å². The summed E-state index contributed by atoms with van der Waals surface area (Å²) in [5.74, 6) is -0.329. The van der Waals surface area contributed by atoms with Crippen LogP contribution in [0.1, 0.15) is 36.8 Å². The normalized spacial score (nSPS) is 12.2. The Morgan fingerprint density at radius 3 is 2.38 bits per heavy atom. The summed E-state index contributed by atoms with van der Waals surface area (Å²) in [4.78, 5) is 16.1. The fourth-order valence-corrected chi connectivity index (χ4v) is 3.60. The number of hydrogen-bond acceptors (Lipinski definition) is 5. The van der Waals surface area contributed by atoms with Gasteiger partial charge in [0.25, 0.3) is 0 Å². The van der Waals surface area contributed by atoms with E-state index in [0.29, 0.717) is 12.2 Å². The lowest BCUT2D eigenvalue weighted by atomic mass is 10.1. The van der Waals surface area contributed by atoms with Gasteiger partial charge in [-0.05, 0) is 30.3 Å². The van der Waals surface area contributed by atoms with E-state index in [2.05, 4.69) is 38.8 Å². The number of aromatic nitrogens is 1. The van der Waals surface area contributed by atoms with Crippen molar-refractivity contribution in [3.8, 4) is 10.6 Å². The van der Waals surface area contributed by atoms with E-state index in [1.807, 2.05) is 17.5 Å². The van der Waals surface area contributed by atoms with Crippen molar-refractivity contribution in [1.82, 2.24) is 4.98 Å². The van der Waals surface area contributed by atoms with Crippen LogP contribution in [0, 0.1) is 0 Å². The van der Waals surface area contributed by atoms with E-state index in [0.717, 1.165) is 16.3 Å². The fourth-order valence-electron chi connectivity index (χ4n) is 1.84. The van der Waals surface area contributed by atoms with Gasteiger partial charge < -0.3 is 9.16 Å². The highest BCUT2D eigenvalue weighted by Gasteiger charge is 2.37. The van der Waals surface area contributed by atoms with Gasteiger partial charge in [-0.1, -0.05) is 32.9 Å². The number of carbonyl (C=O) groups is 1. The van der Waals surface area contributed by atoms with E-state index in [1.165, 1.54) is 7.11 Å². The van der Waals surface area contributed by atoms with Crippen molar-refractivity contribution in [2.24, 2.45) is 0 Å². The van der Waals surface area contributed by atoms with E-state index in [1.54, 1.807) is 23.5 Å². The third-order valence-electron chi connectivity index (χ3n) is 4.49. The van der Waals surface area contributed by atoms with Crippen molar-refractivity contribution in [2.45, 2.75) is 45.5 Å². The lowest BCUT2D eigenvalue weighted by molar-refractivity contribution is 0.0601. The molecule has 0 radical (unpaired) electrons. The van der Waals surface area contributed by atoms with Gasteiger partial charge in [0.2, 0.25) is 0 Å². The van der Waals surface area contributed by atoms with Gasteiger partial charge in [-0.2, -0.15) is 0 Å². The second-order valence-corrected chi connectivity index (χ2v) is 12.9.